The van der Waals surface area contributed by atoms with Gasteiger partial charge in [0.25, 0.3) is 5.91 Å². The molecule has 0 spiro atoms. The minimum absolute atomic E-state index is 0.0109. The minimum Gasteiger partial charge on any atom is -0.376 e. The van der Waals surface area contributed by atoms with E-state index in [0.717, 1.165) is 19.4 Å². The van der Waals surface area contributed by atoms with Crippen molar-refractivity contribution in [1.82, 2.24) is 10.2 Å². The molecule has 0 aromatic heterocycles. The third-order valence-electron chi connectivity index (χ3n) is 3.36. The molecule has 5 heteroatoms. The van der Waals surface area contributed by atoms with Crippen LogP contribution in [0.5, 0.6) is 0 Å². The van der Waals surface area contributed by atoms with Gasteiger partial charge in [0.1, 0.15) is 0 Å². The predicted molar refractivity (Wildman–Crippen MR) is 75.4 cm³/mol. The third kappa shape index (κ3) is 4.06. The summed E-state index contributed by atoms with van der Waals surface area (Å²) < 4.78 is 5.49. The molecule has 1 aromatic rings. The number of carbonyl (C=O) groups is 2. The van der Waals surface area contributed by atoms with E-state index in [9.17, 15) is 9.59 Å². The van der Waals surface area contributed by atoms with Crippen LogP contribution in [0.15, 0.2) is 30.3 Å². The number of carbonyl (C=O) groups excluding carboxylic acids is 2. The van der Waals surface area contributed by atoms with E-state index in [2.05, 4.69) is 5.32 Å². The van der Waals surface area contributed by atoms with E-state index in [1.807, 2.05) is 6.07 Å². The molecule has 2 rings (SSSR count). The molecule has 0 bridgehead atoms. The summed E-state index contributed by atoms with van der Waals surface area (Å²) in [7, 11) is 1.73. The van der Waals surface area contributed by atoms with Crippen LogP contribution >= 0.6 is 0 Å². The van der Waals surface area contributed by atoms with Gasteiger partial charge in [0.15, 0.2) is 0 Å². The van der Waals surface area contributed by atoms with Crippen molar-refractivity contribution in [1.29, 1.82) is 0 Å². The fourth-order valence-corrected chi connectivity index (χ4v) is 2.18. The minimum atomic E-state index is -0.232. The lowest BCUT2D eigenvalue weighted by Gasteiger charge is -2.21. The van der Waals surface area contributed by atoms with Crippen LogP contribution in [-0.2, 0) is 9.53 Å². The first-order chi connectivity index (χ1) is 9.66. The van der Waals surface area contributed by atoms with Crippen LogP contribution < -0.4 is 5.32 Å². The molecule has 2 amide bonds. The Morgan fingerprint density at radius 2 is 2.10 bits per heavy atom. The molecule has 1 atom stereocenters. The fourth-order valence-electron chi connectivity index (χ4n) is 2.18. The zero-order chi connectivity index (χ0) is 14.4. The van der Waals surface area contributed by atoms with Gasteiger partial charge in [0, 0.05) is 25.8 Å². The van der Waals surface area contributed by atoms with Crippen LogP contribution in [0.3, 0.4) is 0 Å². The van der Waals surface area contributed by atoms with E-state index in [1.54, 1.807) is 36.2 Å². The lowest BCUT2D eigenvalue weighted by atomic mass is 10.2. The predicted octanol–water partition coefficient (Wildman–Crippen LogP) is 1.05. The molecule has 0 saturated carbocycles. The van der Waals surface area contributed by atoms with Gasteiger partial charge in [0.2, 0.25) is 5.91 Å². The average Bonchev–Trinajstić information content (AvgIpc) is 2.98. The zero-order valence-electron chi connectivity index (χ0n) is 11.7. The molecule has 1 aliphatic rings. The lowest BCUT2D eigenvalue weighted by molar-refractivity contribution is -0.130. The molecule has 1 aliphatic heterocycles. The molecule has 0 radical (unpaired) electrons. The summed E-state index contributed by atoms with van der Waals surface area (Å²) in [6.45, 7) is 1.37. The standard InChI is InChI=1S/C15H20N2O3/c1-17(11-13-8-5-9-20-13)14(18)10-16-15(19)12-6-3-2-4-7-12/h2-4,6-7,13H,5,8-11H2,1H3,(H,16,19). The Hall–Kier alpha value is -1.88. The van der Waals surface area contributed by atoms with Crippen molar-refractivity contribution in [2.24, 2.45) is 0 Å². The van der Waals surface area contributed by atoms with E-state index in [-0.39, 0.29) is 24.5 Å². The molecule has 1 saturated heterocycles. The van der Waals surface area contributed by atoms with E-state index >= 15 is 0 Å². The SMILES string of the molecule is CN(CC1CCCO1)C(=O)CNC(=O)c1ccccc1. The molecule has 5 nitrogen and oxygen atoms in total. The smallest absolute Gasteiger partial charge is 0.251 e. The van der Waals surface area contributed by atoms with Gasteiger partial charge in [-0.25, -0.2) is 0 Å². The van der Waals surface area contributed by atoms with E-state index in [1.165, 1.54) is 0 Å². The Kier molecular flexibility index (Phi) is 5.12. The van der Waals surface area contributed by atoms with Crippen LogP contribution in [0, 0.1) is 0 Å². The number of rotatable bonds is 5. The zero-order valence-corrected chi connectivity index (χ0v) is 11.7. The van der Waals surface area contributed by atoms with Gasteiger partial charge in [-0.1, -0.05) is 18.2 Å². The molecule has 1 unspecified atom stereocenters. The molecule has 1 N–H and O–H groups in total. The second-order valence-electron chi connectivity index (χ2n) is 4.96. The van der Waals surface area contributed by atoms with Gasteiger partial charge in [-0.05, 0) is 25.0 Å². The van der Waals surface area contributed by atoms with E-state index in [4.69, 9.17) is 4.74 Å². The number of nitrogens with one attached hydrogen (secondary N) is 1. The topological polar surface area (TPSA) is 58.6 Å². The third-order valence-corrected chi connectivity index (χ3v) is 3.36. The Balaban J connectivity index is 1.75. The fraction of sp³-hybridized carbons (Fsp3) is 0.467. The number of amides is 2. The van der Waals surface area contributed by atoms with Gasteiger partial charge >= 0.3 is 0 Å². The Bertz CT molecular complexity index is 455. The van der Waals surface area contributed by atoms with E-state index in [0.29, 0.717) is 12.1 Å². The van der Waals surface area contributed by atoms with Gasteiger partial charge in [-0.2, -0.15) is 0 Å². The summed E-state index contributed by atoms with van der Waals surface area (Å²) in [6.07, 6.45) is 2.18. The number of nitrogens with zero attached hydrogens (tertiary/aromatic N) is 1. The van der Waals surface area contributed by atoms with Crippen LogP contribution in [0.4, 0.5) is 0 Å². The Morgan fingerprint density at radius 1 is 1.35 bits per heavy atom. The van der Waals surface area contributed by atoms with Crippen molar-refractivity contribution in [3.63, 3.8) is 0 Å². The summed E-state index contributed by atoms with van der Waals surface area (Å²) in [5.41, 5.74) is 0.557. The molecule has 1 fully saturated rings. The van der Waals surface area contributed by atoms with Crippen molar-refractivity contribution in [2.45, 2.75) is 18.9 Å². The largest absolute Gasteiger partial charge is 0.376 e. The van der Waals surface area contributed by atoms with Crippen LogP contribution in [0.1, 0.15) is 23.2 Å². The summed E-state index contributed by atoms with van der Waals surface area (Å²) in [6, 6.07) is 8.86. The van der Waals surface area contributed by atoms with Crippen LogP contribution in [0.2, 0.25) is 0 Å². The number of ether oxygens (including phenoxy) is 1. The molecule has 0 aliphatic carbocycles. The second kappa shape index (κ2) is 7.05. The highest BCUT2D eigenvalue weighted by Gasteiger charge is 2.20. The monoisotopic (exact) mass is 276 g/mol. The lowest BCUT2D eigenvalue weighted by Crippen LogP contribution is -2.41. The second-order valence-corrected chi connectivity index (χ2v) is 4.96. The molecule has 20 heavy (non-hydrogen) atoms. The maximum absolute atomic E-state index is 11.9. The number of benzene rings is 1. The van der Waals surface area contributed by atoms with Gasteiger partial charge < -0.3 is 15.0 Å². The molecule has 1 aromatic carbocycles. The van der Waals surface area contributed by atoms with Gasteiger partial charge in [-0.3, -0.25) is 9.59 Å². The van der Waals surface area contributed by atoms with Crippen molar-refractivity contribution in [3.8, 4) is 0 Å². The van der Waals surface area contributed by atoms with Gasteiger partial charge in [0.05, 0.1) is 12.6 Å². The van der Waals surface area contributed by atoms with Crippen molar-refractivity contribution < 1.29 is 14.3 Å². The molecular formula is C15H20N2O3. The van der Waals surface area contributed by atoms with Crippen LogP contribution in [-0.4, -0.2) is 49.6 Å². The number of hydrogen-bond acceptors (Lipinski definition) is 3. The molecule has 108 valence electrons. The maximum Gasteiger partial charge on any atom is 0.251 e. The van der Waals surface area contributed by atoms with Gasteiger partial charge in [-0.15, -0.1) is 0 Å². The van der Waals surface area contributed by atoms with E-state index < -0.39 is 0 Å². The average molecular weight is 276 g/mol. The first-order valence-corrected chi connectivity index (χ1v) is 6.85. The maximum atomic E-state index is 11.9. The summed E-state index contributed by atoms with van der Waals surface area (Å²) in [5, 5.41) is 2.63. The Morgan fingerprint density at radius 3 is 2.75 bits per heavy atom. The highest BCUT2D eigenvalue weighted by molar-refractivity contribution is 5.96. The quantitative estimate of drug-likeness (QED) is 0.874. The summed E-state index contributed by atoms with van der Waals surface area (Å²) in [4.78, 5) is 25.3. The van der Waals surface area contributed by atoms with Crippen molar-refractivity contribution in [2.75, 3.05) is 26.7 Å². The van der Waals surface area contributed by atoms with Crippen molar-refractivity contribution in [3.05, 3.63) is 35.9 Å². The molecular weight excluding hydrogens is 256 g/mol. The summed E-state index contributed by atoms with van der Waals surface area (Å²) in [5.74, 6) is -0.339. The number of hydrogen-bond donors (Lipinski definition) is 1. The summed E-state index contributed by atoms with van der Waals surface area (Å²) >= 11 is 0. The Labute approximate surface area is 118 Å². The highest BCUT2D eigenvalue weighted by atomic mass is 16.5. The first-order valence-electron chi connectivity index (χ1n) is 6.85. The normalized spacial score (nSPS) is 17.8. The van der Waals surface area contributed by atoms with Crippen LogP contribution in [0.25, 0.3) is 0 Å². The van der Waals surface area contributed by atoms with Crippen molar-refractivity contribution >= 4 is 11.8 Å². The highest BCUT2D eigenvalue weighted by Crippen LogP contribution is 2.12. The first kappa shape index (κ1) is 14.5. The molecule has 1 heterocycles. The number of likely N-dealkylation sites (N-methyl/N-ethyl adjacent to an activating group) is 1.